The van der Waals surface area contributed by atoms with Gasteiger partial charge in [0.2, 0.25) is 0 Å². The second kappa shape index (κ2) is 10.5. The molecule has 0 N–H and O–H groups in total. The maximum atomic E-state index is 5.15. The van der Waals surface area contributed by atoms with Crippen molar-refractivity contribution < 1.29 is 0 Å². The van der Waals surface area contributed by atoms with E-state index in [4.69, 9.17) is 4.98 Å². The summed E-state index contributed by atoms with van der Waals surface area (Å²) >= 11 is 1.85. The van der Waals surface area contributed by atoms with E-state index in [0.29, 0.717) is 0 Å². The van der Waals surface area contributed by atoms with Crippen LogP contribution in [-0.2, 0) is 0 Å². The van der Waals surface area contributed by atoms with Crippen LogP contribution in [0.1, 0.15) is 0 Å². The number of benzene rings is 6. The lowest BCUT2D eigenvalue weighted by atomic mass is 9.93. The van der Waals surface area contributed by atoms with Gasteiger partial charge in [0, 0.05) is 32.3 Å². The van der Waals surface area contributed by atoms with E-state index in [1.807, 2.05) is 23.6 Å². The van der Waals surface area contributed by atoms with E-state index in [2.05, 4.69) is 151 Å². The topological polar surface area (TPSA) is 25.8 Å². The Morgan fingerprint density at radius 2 is 1.02 bits per heavy atom. The van der Waals surface area contributed by atoms with Crippen LogP contribution in [0.15, 0.2) is 158 Å². The predicted molar refractivity (Wildman–Crippen MR) is 192 cm³/mol. The summed E-state index contributed by atoms with van der Waals surface area (Å²) in [6.07, 6.45) is 1.84. The van der Waals surface area contributed by atoms with Crippen molar-refractivity contribution in [2.45, 2.75) is 0 Å². The van der Waals surface area contributed by atoms with E-state index < -0.39 is 0 Å². The van der Waals surface area contributed by atoms with E-state index in [9.17, 15) is 0 Å². The molecule has 0 atom stereocenters. The van der Waals surface area contributed by atoms with E-state index in [1.54, 1.807) is 0 Å². The molecule has 3 aromatic heterocycles. The zero-order valence-electron chi connectivity index (χ0n) is 24.3. The van der Waals surface area contributed by atoms with Crippen LogP contribution in [0, 0.1) is 0 Å². The third-order valence-electron chi connectivity index (χ3n) is 8.77. The van der Waals surface area contributed by atoms with Crippen LogP contribution >= 0.6 is 11.3 Å². The molecule has 0 amide bonds. The highest BCUT2D eigenvalue weighted by molar-refractivity contribution is 7.18. The molecule has 0 aliphatic rings. The minimum Gasteiger partial charge on any atom is -0.254 e. The summed E-state index contributed by atoms with van der Waals surface area (Å²) in [6.45, 7) is 0. The summed E-state index contributed by atoms with van der Waals surface area (Å²) in [5.41, 5.74) is 8.90. The zero-order chi connectivity index (χ0) is 29.7. The fourth-order valence-corrected chi connectivity index (χ4v) is 7.59. The van der Waals surface area contributed by atoms with Gasteiger partial charge in [0.25, 0.3) is 0 Å². The number of pyridine rings is 2. The summed E-state index contributed by atoms with van der Waals surface area (Å²) in [6, 6.07) is 54.4. The Hall–Kier alpha value is -5.64. The van der Waals surface area contributed by atoms with Crippen LogP contribution in [-0.4, -0.2) is 9.97 Å². The quantitative estimate of drug-likeness (QED) is 0.191. The Bertz CT molecular complexity index is 2540. The first kappa shape index (κ1) is 25.8. The number of thiophene rings is 1. The molecule has 0 bridgehead atoms. The third kappa shape index (κ3) is 4.40. The van der Waals surface area contributed by atoms with E-state index >= 15 is 0 Å². The molecule has 3 heteroatoms. The molecule has 0 aliphatic heterocycles. The lowest BCUT2D eigenvalue weighted by Gasteiger charge is -2.13. The number of rotatable bonds is 4. The Labute approximate surface area is 264 Å². The Kier molecular flexibility index (Phi) is 6.03. The molecule has 0 radical (unpaired) electrons. The smallest absolute Gasteiger partial charge is 0.0972 e. The summed E-state index contributed by atoms with van der Waals surface area (Å²) in [4.78, 5) is 12.4. The largest absolute Gasteiger partial charge is 0.254 e. The number of fused-ring (bicyclic) bond motifs is 5. The van der Waals surface area contributed by atoms with Crippen molar-refractivity contribution in [3.05, 3.63) is 158 Å². The van der Waals surface area contributed by atoms with Crippen molar-refractivity contribution in [1.29, 1.82) is 0 Å². The van der Waals surface area contributed by atoms with Crippen LogP contribution in [0.25, 0.3) is 86.6 Å². The van der Waals surface area contributed by atoms with Crippen LogP contribution < -0.4 is 0 Å². The number of hydrogen-bond acceptors (Lipinski definition) is 3. The molecule has 0 aliphatic carbocycles. The second-order valence-corrected chi connectivity index (χ2v) is 12.5. The summed E-state index contributed by atoms with van der Waals surface area (Å²) in [5, 5.41) is 7.18. The average molecular weight is 591 g/mol. The van der Waals surface area contributed by atoms with Crippen LogP contribution in [0.2, 0.25) is 0 Å². The van der Waals surface area contributed by atoms with E-state index in [1.165, 1.54) is 53.6 Å². The molecule has 210 valence electrons. The zero-order valence-corrected chi connectivity index (χ0v) is 25.1. The number of nitrogens with zero attached hydrogens (tertiary/aromatic N) is 2. The minimum atomic E-state index is 0.937. The molecule has 9 rings (SSSR count). The van der Waals surface area contributed by atoms with Gasteiger partial charge in [-0.25, -0.2) is 4.98 Å². The molecule has 0 saturated heterocycles. The van der Waals surface area contributed by atoms with Crippen molar-refractivity contribution >= 4 is 54.7 Å². The standard InChI is InChI=1S/C42H26N2S/c1-2-10-32-27(7-1)8-5-13-37(32)40-25-24-39(45-40)29-16-14-28(15-17-29)33-21-22-36(35-12-4-3-11-34(33)35)38-23-20-31-19-18-30-9-6-26-43-41(30)42(31)44-38/h1-26H. The van der Waals surface area contributed by atoms with Crippen LogP contribution in [0.3, 0.4) is 0 Å². The van der Waals surface area contributed by atoms with Gasteiger partial charge in [0.15, 0.2) is 0 Å². The third-order valence-corrected chi connectivity index (χ3v) is 9.94. The van der Waals surface area contributed by atoms with Gasteiger partial charge in [-0.15, -0.1) is 11.3 Å². The molecule has 0 spiro atoms. The number of aromatic nitrogens is 2. The minimum absolute atomic E-state index is 0.937. The molecule has 0 saturated carbocycles. The fourth-order valence-electron chi connectivity index (χ4n) is 6.54. The van der Waals surface area contributed by atoms with Gasteiger partial charge in [-0.1, -0.05) is 127 Å². The highest BCUT2D eigenvalue weighted by atomic mass is 32.1. The Morgan fingerprint density at radius 1 is 0.378 bits per heavy atom. The van der Waals surface area contributed by atoms with Crippen LogP contribution in [0.4, 0.5) is 0 Å². The lowest BCUT2D eigenvalue weighted by molar-refractivity contribution is 1.37. The fraction of sp³-hybridized carbons (Fsp3) is 0. The van der Waals surface area contributed by atoms with Gasteiger partial charge in [-0.05, 0) is 68.1 Å². The second-order valence-electron chi connectivity index (χ2n) is 11.4. The molecule has 0 fully saturated rings. The lowest BCUT2D eigenvalue weighted by Crippen LogP contribution is -1.91. The molecular formula is C42H26N2S. The maximum absolute atomic E-state index is 5.15. The van der Waals surface area contributed by atoms with E-state index in [0.717, 1.165) is 33.1 Å². The van der Waals surface area contributed by atoms with Crippen molar-refractivity contribution in [1.82, 2.24) is 9.97 Å². The Balaban J connectivity index is 1.09. The first-order valence-electron chi connectivity index (χ1n) is 15.2. The van der Waals surface area contributed by atoms with Crippen molar-refractivity contribution in [2.75, 3.05) is 0 Å². The summed E-state index contributed by atoms with van der Waals surface area (Å²) < 4.78 is 0. The maximum Gasteiger partial charge on any atom is 0.0972 e. The average Bonchev–Trinajstić information content (AvgIpc) is 3.61. The first-order chi connectivity index (χ1) is 22.3. The van der Waals surface area contributed by atoms with Crippen molar-refractivity contribution in [3.63, 3.8) is 0 Å². The van der Waals surface area contributed by atoms with Crippen molar-refractivity contribution in [2.24, 2.45) is 0 Å². The van der Waals surface area contributed by atoms with Gasteiger partial charge in [0.05, 0.1) is 16.7 Å². The molecule has 9 aromatic rings. The van der Waals surface area contributed by atoms with Crippen LogP contribution in [0.5, 0.6) is 0 Å². The number of hydrogen-bond donors (Lipinski definition) is 0. The van der Waals surface area contributed by atoms with Gasteiger partial charge < -0.3 is 0 Å². The highest BCUT2D eigenvalue weighted by Crippen LogP contribution is 2.40. The predicted octanol–water partition coefficient (Wildman–Crippen LogP) is 11.8. The van der Waals surface area contributed by atoms with Gasteiger partial charge in [-0.2, -0.15) is 0 Å². The van der Waals surface area contributed by atoms with Gasteiger partial charge in [-0.3, -0.25) is 4.98 Å². The molecular weight excluding hydrogens is 565 g/mol. The van der Waals surface area contributed by atoms with Gasteiger partial charge in [0.1, 0.15) is 0 Å². The molecule has 6 aromatic carbocycles. The molecule has 2 nitrogen and oxygen atoms in total. The highest BCUT2D eigenvalue weighted by Gasteiger charge is 2.13. The Morgan fingerprint density at radius 3 is 1.89 bits per heavy atom. The van der Waals surface area contributed by atoms with Crippen molar-refractivity contribution in [3.8, 4) is 43.3 Å². The monoisotopic (exact) mass is 590 g/mol. The van der Waals surface area contributed by atoms with Gasteiger partial charge >= 0.3 is 0 Å². The summed E-state index contributed by atoms with van der Waals surface area (Å²) in [7, 11) is 0. The normalized spacial score (nSPS) is 11.6. The van der Waals surface area contributed by atoms with E-state index in [-0.39, 0.29) is 0 Å². The SMILES string of the molecule is c1ccc2c(-c3ccc(-c4ccc(-c5ccc(-c6ccc7ccc8cccnc8c7n6)c6ccccc56)cc4)s3)cccc2c1. The first-order valence-corrected chi connectivity index (χ1v) is 16.0. The molecule has 0 unspecified atom stereocenters. The molecule has 3 heterocycles. The summed E-state index contributed by atoms with van der Waals surface area (Å²) in [5.74, 6) is 0. The molecule has 45 heavy (non-hydrogen) atoms.